The number of nitrogens with zero attached hydrogens (tertiary/aromatic N) is 3. The zero-order valence-electron chi connectivity index (χ0n) is 11.9. The molecule has 2 rings (SSSR count). The van der Waals surface area contributed by atoms with E-state index >= 15 is 0 Å². The first-order chi connectivity index (χ1) is 10.2. The fourth-order valence-corrected chi connectivity index (χ4v) is 2.03. The third-order valence-electron chi connectivity index (χ3n) is 3.42. The minimum absolute atomic E-state index is 0.119. The number of aliphatic hydroxyl groups is 1. The van der Waals surface area contributed by atoms with E-state index < -0.39 is 0 Å². The summed E-state index contributed by atoms with van der Waals surface area (Å²) in [5, 5.41) is 25.5. The molecule has 0 radical (unpaired) electrons. The van der Waals surface area contributed by atoms with Crippen molar-refractivity contribution in [3.63, 3.8) is 0 Å². The first-order valence-corrected chi connectivity index (χ1v) is 6.97. The predicted molar refractivity (Wildman–Crippen MR) is 77.4 cm³/mol. The standard InChI is InChI=1S/C14H19N5O2/c1-2-10(7-8-20)9-15-14(21)12-5-3-11(4-6-12)13-16-18-19-17-13/h3-6,10,20H,2,7-9H2,1H3,(H,15,21)(H,16,17,18,19). The SMILES string of the molecule is CCC(CCO)CNC(=O)c1ccc(-c2nn[nH]n2)cc1. The van der Waals surface area contributed by atoms with Gasteiger partial charge in [-0.05, 0) is 29.7 Å². The molecule has 0 saturated heterocycles. The van der Waals surface area contributed by atoms with E-state index in [2.05, 4.69) is 25.9 Å². The van der Waals surface area contributed by atoms with Crippen LogP contribution in [-0.2, 0) is 0 Å². The molecule has 0 aliphatic rings. The van der Waals surface area contributed by atoms with Crippen LogP contribution in [0.4, 0.5) is 0 Å². The number of aromatic amines is 1. The number of amides is 1. The fraction of sp³-hybridized carbons (Fsp3) is 0.429. The van der Waals surface area contributed by atoms with Gasteiger partial charge in [-0.25, -0.2) is 0 Å². The molecule has 0 fully saturated rings. The van der Waals surface area contributed by atoms with E-state index in [0.29, 0.717) is 30.3 Å². The zero-order valence-corrected chi connectivity index (χ0v) is 11.9. The maximum Gasteiger partial charge on any atom is 0.251 e. The number of carbonyl (C=O) groups is 1. The molecule has 1 unspecified atom stereocenters. The topological polar surface area (TPSA) is 104 Å². The van der Waals surface area contributed by atoms with Gasteiger partial charge >= 0.3 is 0 Å². The average molecular weight is 289 g/mol. The molecule has 0 spiro atoms. The number of H-pyrrole nitrogens is 1. The number of tetrazole rings is 1. The Labute approximate surface area is 122 Å². The van der Waals surface area contributed by atoms with E-state index in [4.69, 9.17) is 5.11 Å². The molecule has 0 bridgehead atoms. The van der Waals surface area contributed by atoms with Crippen LogP contribution in [0.3, 0.4) is 0 Å². The van der Waals surface area contributed by atoms with Crippen LogP contribution < -0.4 is 5.32 Å². The van der Waals surface area contributed by atoms with Gasteiger partial charge < -0.3 is 10.4 Å². The molecular formula is C14H19N5O2. The van der Waals surface area contributed by atoms with E-state index in [9.17, 15) is 4.79 Å². The number of aromatic nitrogens is 4. The molecule has 1 heterocycles. The van der Waals surface area contributed by atoms with Gasteiger partial charge in [0.1, 0.15) is 0 Å². The Bertz CT molecular complexity index is 553. The van der Waals surface area contributed by atoms with Gasteiger partial charge in [-0.2, -0.15) is 5.21 Å². The number of rotatable bonds is 7. The van der Waals surface area contributed by atoms with Gasteiger partial charge in [-0.1, -0.05) is 25.5 Å². The van der Waals surface area contributed by atoms with E-state index in [-0.39, 0.29) is 12.5 Å². The van der Waals surface area contributed by atoms with Crippen molar-refractivity contribution in [1.82, 2.24) is 25.9 Å². The van der Waals surface area contributed by atoms with Crippen molar-refractivity contribution in [2.75, 3.05) is 13.2 Å². The highest BCUT2D eigenvalue weighted by atomic mass is 16.3. The van der Waals surface area contributed by atoms with Crippen LogP contribution in [0.5, 0.6) is 0 Å². The second kappa shape index (κ2) is 7.49. The summed E-state index contributed by atoms with van der Waals surface area (Å²) < 4.78 is 0. The maximum atomic E-state index is 12.0. The minimum atomic E-state index is -0.119. The van der Waals surface area contributed by atoms with Crippen LogP contribution in [0.25, 0.3) is 11.4 Å². The van der Waals surface area contributed by atoms with E-state index in [1.807, 2.05) is 6.92 Å². The normalized spacial score (nSPS) is 12.1. The van der Waals surface area contributed by atoms with Crippen molar-refractivity contribution < 1.29 is 9.90 Å². The molecule has 21 heavy (non-hydrogen) atoms. The van der Waals surface area contributed by atoms with Crippen molar-refractivity contribution in [2.24, 2.45) is 5.92 Å². The lowest BCUT2D eigenvalue weighted by Crippen LogP contribution is -2.29. The number of hydrogen-bond acceptors (Lipinski definition) is 5. The third-order valence-corrected chi connectivity index (χ3v) is 3.42. The molecular weight excluding hydrogens is 270 g/mol. The third kappa shape index (κ3) is 4.09. The smallest absolute Gasteiger partial charge is 0.251 e. The summed E-state index contributed by atoms with van der Waals surface area (Å²) in [6, 6.07) is 7.03. The Kier molecular flexibility index (Phi) is 5.39. The number of benzene rings is 1. The lowest BCUT2D eigenvalue weighted by molar-refractivity contribution is 0.0943. The van der Waals surface area contributed by atoms with Gasteiger partial charge in [0.2, 0.25) is 5.82 Å². The molecule has 1 atom stereocenters. The second-order valence-electron chi connectivity index (χ2n) is 4.81. The van der Waals surface area contributed by atoms with Crippen LogP contribution >= 0.6 is 0 Å². The Morgan fingerprint density at radius 2 is 2.14 bits per heavy atom. The van der Waals surface area contributed by atoms with Crippen LogP contribution in [0.1, 0.15) is 30.1 Å². The fourth-order valence-electron chi connectivity index (χ4n) is 2.03. The molecule has 2 aromatic rings. The molecule has 3 N–H and O–H groups in total. The van der Waals surface area contributed by atoms with Gasteiger partial charge in [0.15, 0.2) is 0 Å². The van der Waals surface area contributed by atoms with Crippen LogP contribution in [-0.4, -0.2) is 44.8 Å². The summed E-state index contributed by atoms with van der Waals surface area (Å²) in [6.45, 7) is 2.77. The Morgan fingerprint density at radius 1 is 1.38 bits per heavy atom. The molecule has 0 aliphatic carbocycles. The van der Waals surface area contributed by atoms with E-state index in [0.717, 1.165) is 12.0 Å². The van der Waals surface area contributed by atoms with Crippen LogP contribution in [0.15, 0.2) is 24.3 Å². The molecule has 0 aliphatic heterocycles. The monoisotopic (exact) mass is 289 g/mol. The number of carbonyl (C=O) groups excluding carboxylic acids is 1. The quantitative estimate of drug-likeness (QED) is 0.705. The molecule has 1 amide bonds. The maximum absolute atomic E-state index is 12.0. The van der Waals surface area contributed by atoms with Crippen molar-refractivity contribution in [2.45, 2.75) is 19.8 Å². The lowest BCUT2D eigenvalue weighted by Gasteiger charge is -2.14. The van der Waals surface area contributed by atoms with Gasteiger partial charge in [0.05, 0.1) is 0 Å². The number of aliphatic hydroxyl groups excluding tert-OH is 1. The minimum Gasteiger partial charge on any atom is -0.396 e. The van der Waals surface area contributed by atoms with Crippen molar-refractivity contribution in [3.8, 4) is 11.4 Å². The molecule has 7 nitrogen and oxygen atoms in total. The molecule has 1 aromatic carbocycles. The average Bonchev–Trinajstić information content (AvgIpc) is 3.05. The summed E-state index contributed by atoms with van der Waals surface area (Å²) in [6.07, 6.45) is 1.63. The predicted octanol–water partition coefficient (Wildman–Crippen LogP) is 1.01. The van der Waals surface area contributed by atoms with Crippen LogP contribution in [0.2, 0.25) is 0 Å². The summed E-state index contributed by atoms with van der Waals surface area (Å²) >= 11 is 0. The highest BCUT2D eigenvalue weighted by Crippen LogP contribution is 2.14. The first-order valence-electron chi connectivity index (χ1n) is 6.97. The Balaban J connectivity index is 1.94. The Morgan fingerprint density at radius 3 is 2.71 bits per heavy atom. The van der Waals surface area contributed by atoms with Crippen molar-refractivity contribution in [1.29, 1.82) is 0 Å². The molecule has 1 aromatic heterocycles. The van der Waals surface area contributed by atoms with Gasteiger partial charge in [0, 0.05) is 24.3 Å². The zero-order chi connectivity index (χ0) is 15.1. The summed E-state index contributed by atoms with van der Waals surface area (Å²) in [5.41, 5.74) is 1.38. The van der Waals surface area contributed by atoms with Crippen molar-refractivity contribution >= 4 is 5.91 Å². The first kappa shape index (κ1) is 15.1. The highest BCUT2D eigenvalue weighted by molar-refractivity contribution is 5.94. The van der Waals surface area contributed by atoms with Crippen molar-refractivity contribution in [3.05, 3.63) is 29.8 Å². The lowest BCUT2D eigenvalue weighted by atomic mass is 10.0. The van der Waals surface area contributed by atoms with Crippen LogP contribution in [0, 0.1) is 5.92 Å². The summed E-state index contributed by atoms with van der Waals surface area (Å²) in [4.78, 5) is 12.0. The summed E-state index contributed by atoms with van der Waals surface area (Å²) in [5.74, 6) is 0.680. The number of nitrogens with one attached hydrogen (secondary N) is 2. The molecule has 112 valence electrons. The van der Waals surface area contributed by atoms with E-state index in [1.165, 1.54) is 0 Å². The van der Waals surface area contributed by atoms with Gasteiger partial charge in [-0.15, -0.1) is 10.2 Å². The van der Waals surface area contributed by atoms with Gasteiger partial charge in [-0.3, -0.25) is 4.79 Å². The largest absolute Gasteiger partial charge is 0.396 e. The second-order valence-corrected chi connectivity index (χ2v) is 4.81. The summed E-state index contributed by atoms with van der Waals surface area (Å²) in [7, 11) is 0. The van der Waals surface area contributed by atoms with Gasteiger partial charge in [0.25, 0.3) is 5.91 Å². The highest BCUT2D eigenvalue weighted by Gasteiger charge is 2.10. The van der Waals surface area contributed by atoms with E-state index in [1.54, 1.807) is 24.3 Å². The Hall–Kier alpha value is -2.28. The molecule has 0 saturated carbocycles. The number of hydrogen-bond donors (Lipinski definition) is 3. The molecule has 7 heteroatoms.